The highest BCUT2D eigenvalue weighted by Gasteiger charge is 2.22. The standard InChI is InChI=1S/C88H56N6/c1-4-21-57(22-5-1)58-23-18-24-59(49-58)60-25-19-26-65(50-60)78-56-79(90-88(89-78)94-83-40-17-13-36-73(83)77-53-62(44-48-85(77)94)64-42-46-75-71-34-11-15-38-81(71)92(87(75)55-64)68-30-8-3-9-31-68)66-27-20-32-69(51-66)93-82-39-16-12-35-72(82)76-52-61(43-47-84(76)93)63-41-45-74-70-33-10-14-37-80(70)91(86(74)54-63)67-28-6-2-7-29-67/h1-56H. The molecular weight excluding hydrogens is 1140 g/mol. The number of rotatable bonds is 10. The van der Waals surface area contributed by atoms with Crippen LogP contribution in [0.25, 0.3) is 177 Å². The Bertz CT molecular complexity index is 6220. The van der Waals surface area contributed by atoms with Crippen LogP contribution in [0.5, 0.6) is 0 Å². The molecule has 19 aromatic rings. The fraction of sp³-hybridized carbons (Fsp3) is 0. The molecule has 0 aliphatic carbocycles. The summed E-state index contributed by atoms with van der Waals surface area (Å²) < 4.78 is 9.46. The fourth-order valence-electron chi connectivity index (χ4n) is 14.8. The van der Waals surface area contributed by atoms with Gasteiger partial charge in [-0.3, -0.25) is 4.57 Å². The first-order chi connectivity index (χ1) is 46.6. The van der Waals surface area contributed by atoms with Crippen LogP contribution in [-0.2, 0) is 0 Å². The van der Waals surface area contributed by atoms with Crippen LogP contribution in [0.3, 0.4) is 0 Å². The predicted molar refractivity (Wildman–Crippen MR) is 392 cm³/mol. The summed E-state index contributed by atoms with van der Waals surface area (Å²) in [6.45, 7) is 0. The second-order valence-corrected chi connectivity index (χ2v) is 24.5. The first kappa shape index (κ1) is 53.2. The molecule has 0 aliphatic heterocycles. The van der Waals surface area contributed by atoms with E-state index in [1.807, 2.05) is 0 Å². The highest BCUT2D eigenvalue weighted by Crippen LogP contribution is 2.42. The van der Waals surface area contributed by atoms with Gasteiger partial charge in [0.15, 0.2) is 0 Å². The Labute approximate surface area is 542 Å². The Hall–Kier alpha value is -12.6. The van der Waals surface area contributed by atoms with Gasteiger partial charge in [0, 0.05) is 71.3 Å². The number of hydrogen-bond donors (Lipinski definition) is 0. The van der Waals surface area contributed by atoms with Crippen LogP contribution in [0.2, 0.25) is 0 Å². The minimum absolute atomic E-state index is 0.592. The lowest BCUT2D eigenvalue weighted by molar-refractivity contribution is 0.995. The van der Waals surface area contributed by atoms with Crippen molar-refractivity contribution in [3.8, 4) is 90.0 Å². The molecule has 0 unspecified atom stereocenters. The monoisotopic (exact) mass is 1200 g/mol. The zero-order chi connectivity index (χ0) is 61.8. The average molecular weight is 1200 g/mol. The van der Waals surface area contributed by atoms with E-state index in [2.05, 4.69) is 358 Å². The normalized spacial score (nSPS) is 11.8. The highest BCUT2D eigenvalue weighted by molar-refractivity contribution is 6.14. The number of nitrogens with zero attached hydrogens (tertiary/aromatic N) is 6. The second kappa shape index (κ2) is 21.5. The molecular formula is C88H56N6. The van der Waals surface area contributed by atoms with Crippen LogP contribution >= 0.6 is 0 Å². The van der Waals surface area contributed by atoms with Gasteiger partial charge in [0.1, 0.15) is 0 Å². The molecule has 0 saturated carbocycles. The van der Waals surface area contributed by atoms with Crippen molar-refractivity contribution in [3.63, 3.8) is 0 Å². The van der Waals surface area contributed by atoms with Crippen molar-refractivity contribution in [2.24, 2.45) is 0 Å². The Morgan fingerprint density at radius 2 is 0.468 bits per heavy atom. The number of aromatic nitrogens is 6. The van der Waals surface area contributed by atoms with E-state index in [9.17, 15) is 0 Å². The minimum Gasteiger partial charge on any atom is -0.309 e. The number of para-hydroxylation sites is 6. The molecule has 438 valence electrons. The topological polar surface area (TPSA) is 45.5 Å². The third kappa shape index (κ3) is 8.65. The van der Waals surface area contributed by atoms with Crippen LogP contribution in [0, 0.1) is 0 Å². The first-order valence-corrected chi connectivity index (χ1v) is 32.1. The molecule has 0 aliphatic rings. The summed E-state index contributed by atoms with van der Waals surface area (Å²) in [7, 11) is 0. The maximum absolute atomic E-state index is 5.66. The van der Waals surface area contributed by atoms with Gasteiger partial charge in [-0.1, -0.05) is 224 Å². The smallest absolute Gasteiger partial charge is 0.235 e. The third-order valence-corrected chi connectivity index (χ3v) is 19.2. The summed E-state index contributed by atoms with van der Waals surface area (Å²) in [5.74, 6) is 0.592. The van der Waals surface area contributed by atoms with E-state index in [-0.39, 0.29) is 0 Å². The molecule has 0 N–H and O–H groups in total. The molecule has 0 radical (unpaired) electrons. The lowest BCUT2D eigenvalue weighted by atomic mass is 9.97. The Morgan fingerprint density at radius 3 is 0.979 bits per heavy atom. The van der Waals surface area contributed by atoms with Gasteiger partial charge >= 0.3 is 0 Å². The van der Waals surface area contributed by atoms with E-state index in [0.717, 1.165) is 100 Å². The molecule has 6 heteroatoms. The van der Waals surface area contributed by atoms with Gasteiger partial charge < -0.3 is 13.7 Å². The quantitative estimate of drug-likeness (QED) is 0.137. The lowest BCUT2D eigenvalue weighted by Gasteiger charge is -2.14. The maximum Gasteiger partial charge on any atom is 0.235 e. The van der Waals surface area contributed by atoms with Gasteiger partial charge in [-0.05, 0) is 160 Å². The van der Waals surface area contributed by atoms with Crippen LogP contribution in [0.15, 0.2) is 340 Å². The van der Waals surface area contributed by atoms with Crippen molar-refractivity contribution in [1.82, 2.24) is 28.2 Å². The molecule has 6 nitrogen and oxygen atoms in total. The molecule has 5 heterocycles. The minimum atomic E-state index is 0.592. The van der Waals surface area contributed by atoms with Gasteiger partial charge in [-0.25, -0.2) is 9.97 Å². The van der Waals surface area contributed by atoms with Gasteiger partial charge in [0.2, 0.25) is 5.95 Å². The van der Waals surface area contributed by atoms with E-state index in [4.69, 9.17) is 9.97 Å². The predicted octanol–water partition coefficient (Wildman–Crippen LogP) is 22.9. The summed E-state index contributed by atoms with van der Waals surface area (Å²) in [6, 6.07) is 123. The van der Waals surface area contributed by atoms with Gasteiger partial charge in [-0.2, -0.15) is 0 Å². The molecule has 19 rings (SSSR count). The van der Waals surface area contributed by atoms with Crippen molar-refractivity contribution < 1.29 is 0 Å². The summed E-state index contributed by atoms with van der Waals surface area (Å²) in [5, 5.41) is 9.57. The molecule has 0 fully saturated rings. The number of hydrogen-bond acceptors (Lipinski definition) is 2. The Balaban J connectivity index is 0.762. The first-order valence-electron chi connectivity index (χ1n) is 32.1. The number of fused-ring (bicyclic) bond motifs is 12. The lowest BCUT2D eigenvalue weighted by Crippen LogP contribution is -2.04. The van der Waals surface area contributed by atoms with Crippen LogP contribution in [0.1, 0.15) is 0 Å². The van der Waals surface area contributed by atoms with E-state index in [1.165, 1.54) is 71.1 Å². The summed E-state index contributed by atoms with van der Waals surface area (Å²) in [4.78, 5) is 11.3. The number of benzene rings is 14. The van der Waals surface area contributed by atoms with Crippen LogP contribution in [-0.4, -0.2) is 28.2 Å². The van der Waals surface area contributed by atoms with E-state index >= 15 is 0 Å². The van der Waals surface area contributed by atoms with E-state index < -0.39 is 0 Å². The van der Waals surface area contributed by atoms with Crippen molar-refractivity contribution in [3.05, 3.63) is 340 Å². The van der Waals surface area contributed by atoms with Gasteiger partial charge in [0.25, 0.3) is 0 Å². The van der Waals surface area contributed by atoms with Gasteiger partial charge in [0.05, 0.1) is 55.5 Å². The summed E-state index contributed by atoms with van der Waals surface area (Å²) in [6.07, 6.45) is 0. The molecule has 5 aromatic heterocycles. The largest absolute Gasteiger partial charge is 0.309 e. The Kier molecular flexibility index (Phi) is 12.2. The van der Waals surface area contributed by atoms with Crippen LogP contribution in [0.4, 0.5) is 0 Å². The molecule has 0 amide bonds. The molecule has 0 spiro atoms. The molecule has 14 aromatic carbocycles. The average Bonchev–Trinajstić information content (AvgIpc) is 1.59. The molecule has 0 bridgehead atoms. The zero-order valence-electron chi connectivity index (χ0n) is 51.0. The van der Waals surface area contributed by atoms with Crippen molar-refractivity contribution in [2.75, 3.05) is 0 Å². The van der Waals surface area contributed by atoms with E-state index in [0.29, 0.717) is 5.95 Å². The third-order valence-electron chi connectivity index (χ3n) is 19.2. The van der Waals surface area contributed by atoms with Crippen molar-refractivity contribution in [2.45, 2.75) is 0 Å². The summed E-state index contributed by atoms with van der Waals surface area (Å²) in [5.41, 5.74) is 25.2. The van der Waals surface area contributed by atoms with Crippen LogP contribution < -0.4 is 0 Å². The fourth-order valence-corrected chi connectivity index (χ4v) is 14.8. The maximum atomic E-state index is 5.66. The second-order valence-electron chi connectivity index (χ2n) is 24.5. The highest BCUT2D eigenvalue weighted by atomic mass is 15.2. The van der Waals surface area contributed by atoms with Gasteiger partial charge in [-0.15, -0.1) is 0 Å². The van der Waals surface area contributed by atoms with E-state index in [1.54, 1.807) is 0 Å². The zero-order valence-corrected chi connectivity index (χ0v) is 51.0. The SMILES string of the molecule is c1ccc(-c2cccc(-c3cccc(-c4cc(-c5cccc(-n6c7ccccc7c7cc(-c8ccc9c%10ccccc%10n(-c%10ccccc%10)c9c8)ccc76)c5)nc(-n5c6ccccc6c6cc(-c7ccc8c9ccccc9n(-c9ccccc9)c8c7)ccc65)n4)c3)c2)cc1. The molecule has 94 heavy (non-hydrogen) atoms. The molecule has 0 saturated heterocycles. The van der Waals surface area contributed by atoms with Crippen molar-refractivity contribution >= 4 is 87.2 Å². The van der Waals surface area contributed by atoms with Crippen molar-refractivity contribution in [1.29, 1.82) is 0 Å². The Morgan fingerprint density at radius 1 is 0.160 bits per heavy atom. The molecule has 0 atom stereocenters. The summed E-state index contributed by atoms with van der Waals surface area (Å²) >= 11 is 0.